The third kappa shape index (κ3) is 4.59. The highest BCUT2D eigenvalue weighted by Crippen LogP contribution is 2.21. The largest absolute Gasteiger partial charge is 0.378 e. The lowest BCUT2D eigenvalue weighted by atomic mass is 10.1. The first-order valence-electron chi connectivity index (χ1n) is 10.0. The Labute approximate surface area is 165 Å². The Morgan fingerprint density at radius 1 is 0.964 bits per heavy atom. The van der Waals surface area contributed by atoms with E-state index in [1.165, 1.54) is 5.56 Å². The predicted molar refractivity (Wildman–Crippen MR) is 109 cm³/mol. The molecule has 0 saturated carbocycles. The summed E-state index contributed by atoms with van der Waals surface area (Å²) in [5, 5.41) is 8.52. The number of ether oxygens (including phenoxy) is 1. The quantitative estimate of drug-likeness (QED) is 0.784. The Kier molecular flexibility index (Phi) is 6.01. The zero-order valence-corrected chi connectivity index (χ0v) is 16.2. The second-order valence-electron chi connectivity index (χ2n) is 7.22. The number of piperazine rings is 1. The first-order valence-corrected chi connectivity index (χ1v) is 10.0. The average Bonchev–Trinajstić information content (AvgIpc) is 2.79. The Morgan fingerprint density at radius 3 is 2.46 bits per heavy atom. The zero-order valence-electron chi connectivity index (χ0n) is 16.2. The molecule has 1 amide bonds. The summed E-state index contributed by atoms with van der Waals surface area (Å²) in [6.07, 6.45) is 3.18. The number of benzene rings is 1. The van der Waals surface area contributed by atoms with Gasteiger partial charge in [-0.2, -0.15) is 5.10 Å². The highest BCUT2D eigenvalue weighted by atomic mass is 16.5. The van der Waals surface area contributed by atoms with E-state index in [-0.39, 0.29) is 5.91 Å². The number of aromatic nitrogens is 2. The van der Waals surface area contributed by atoms with Gasteiger partial charge in [0.1, 0.15) is 0 Å². The summed E-state index contributed by atoms with van der Waals surface area (Å²) in [7, 11) is 0. The van der Waals surface area contributed by atoms with Gasteiger partial charge in [0.25, 0.3) is 0 Å². The van der Waals surface area contributed by atoms with Gasteiger partial charge in [-0.05, 0) is 12.0 Å². The van der Waals surface area contributed by atoms with E-state index in [2.05, 4.69) is 38.2 Å². The maximum absolute atomic E-state index is 12.5. The molecule has 7 heteroatoms. The topological polar surface area (TPSA) is 61.8 Å². The second-order valence-corrected chi connectivity index (χ2v) is 7.22. The minimum absolute atomic E-state index is 0.233. The van der Waals surface area contributed by atoms with Gasteiger partial charge in [0, 0.05) is 51.8 Å². The van der Waals surface area contributed by atoms with Crippen LogP contribution in [0.15, 0.2) is 42.6 Å². The van der Waals surface area contributed by atoms with Gasteiger partial charge in [0.05, 0.1) is 25.1 Å². The summed E-state index contributed by atoms with van der Waals surface area (Å²) in [5.74, 6) is 1.12. The van der Waals surface area contributed by atoms with Gasteiger partial charge in [-0.25, -0.2) is 0 Å². The molecule has 0 spiro atoms. The van der Waals surface area contributed by atoms with E-state index < -0.39 is 0 Å². The third-order valence-electron chi connectivity index (χ3n) is 5.43. The lowest BCUT2D eigenvalue weighted by molar-refractivity contribution is -0.131. The fourth-order valence-corrected chi connectivity index (χ4v) is 3.73. The van der Waals surface area contributed by atoms with Crippen LogP contribution in [0.5, 0.6) is 0 Å². The maximum Gasteiger partial charge on any atom is 0.223 e. The molecule has 28 heavy (non-hydrogen) atoms. The molecule has 0 bridgehead atoms. The van der Waals surface area contributed by atoms with E-state index in [1.54, 1.807) is 0 Å². The molecule has 2 saturated heterocycles. The number of hydrogen-bond acceptors (Lipinski definition) is 6. The number of anilines is 2. The van der Waals surface area contributed by atoms with Crippen LogP contribution >= 0.6 is 0 Å². The molecule has 1 aromatic heterocycles. The Balaban J connectivity index is 1.29. The van der Waals surface area contributed by atoms with Crippen LogP contribution in [0.25, 0.3) is 0 Å². The standard InChI is InChI=1S/C21H27N5O2/c27-21(7-6-18-4-2-1-3-5-18)26-10-8-25(9-11-26)20-16-19(17-22-23-20)24-12-14-28-15-13-24/h1-5,16-17H,6-15H2. The Morgan fingerprint density at radius 2 is 1.71 bits per heavy atom. The van der Waals surface area contributed by atoms with E-state index in [1.807, 2.05) is 29.3 Å². The van der Waals surface area contributed by atoms with Gasteiger partial charge in [-0.3, -0.25) is 4.79 Å². The molecule has 2 fully saturated rings. The summed E-state index contributed by atoms with van der Waals surface area (Å²) in [5.41, 5.74) is 2.30. The van der Waals surface area contributed by atoms with Gasteiger partial charge in [0.15, 0.2) is 5.82 Å². The van der Waals surface area contributed by atoms with Crippen LogP contribution < -0.4 is 9.80 Å². The molecule has 7 nitrogen and oxygen atoms in total. The number of nitrogens with zero attached hydrogens (tertiary/aromatic N) is 5. The summed E-state index contributed by atoms with van der Waals surface area (Å²) < 4.78 is 5.42. The van der Waals surface area contributed by atoms with Crippen molar-refractivity contribution in [2.75, 3.05) is 62.3 Å². The van der Waals surface area contributed by atoms with Gasteiger partial charge in [-0.1, -0.05) is 30.3 Å². The molecule has 0 radical (unpaired) electrons. The van der Waals surface area contributed by atoms with Crippen molar-refractivity contribution >= 4 is 17.4 Å². The molecule has 0 aliphatic carbocycles. The Bertz CT molecular complexity index is 771. The molecule has 0 atom stereocenters. The monoisotopic (exact) mass is 381 g/mol. The van der Waals surface area contributed by atoms with Crippen LogP contribution in [0, 0.1) is 0 Å². The summed E-state index contributed by atoms with van der Waals surface area (Å²) in [6, 6.07) is 12.3. The van der Waals surface area contributed by atoms with Crippen LogP contribution in [0.4, 0.5) is 11.5 Å². The van der Waals surface area contributed by atoms with E-state index in [9.17, 15) is 4.79 Å². The van der Waals surface area contributed by atoms with Gasteiger partial charge >= 0.3 is 0 Å². The van der Waals surface area contributed by atoms with Gasteiger partial charge in [0.2, 0.25) is 5.91 Å². The van der Waals surface area contributed by atoms with Crippen molar-refractivity contribution in [1.29, 1.82) is 0 Å². The molecule has 2 aliphatic rings. The molecule has 3 heterocycles. The SMILES string of the molecule is O=C(CCc1ccccc1)N1CCN(c2cc(N3CCOCC3)cnn2)CC1. The smallest absolute Gasteiger partial charge is 0.223 e. The number of carbonyl (C=O) groups is 1. The molecule has 1 aromatic carbocycles. The minimum atomic E-state index is 0.233. The van der Waals surface area contributed by atoms with Crippen molar-refractivity contribution in [1.82, 2.24) is 15.1 Å². The molecule has 148 valence electrons. The van der Waals surface area contributed by atoms with E-state index in [0.29, 0.717) is 6.42 Å². The number of morpholine rings is 1. The van der Waals surface area contributed by atoms with Crippen molar-refractivity contribution in [2.45, 2.75) is 12.8 Å². The lowest BCUT2D eigenvalue weighted by Gasteiger charge is -2.36. The fraction of sp³-hybridized carbons (Fsp3) is 0.476. The maximum atomic E-state index is 12.5. The molecule has 2 aliphatic heterocycles. The second kappa shape index (κ2) is 9.01. The molecule has 2 aromatic rings. The number of hydrogen-bond donors (Lipinski definition) is 0. The predicted octanol–water partition coefficient (Wildman–Crippen LogP) is 1.59. The van der Waals surface area contributed by atoms with Crippen molar-refractivity contribution in [3.63, 3.8) is 0 Å². The number of amides is 1. The van der Waals surface area contributed by atoms with Gasteiger partial charge < -0.3 is 19.4 Å². The zero-order chi connectivity index (χ0) is 19.2. The van der Waals surface area contributed by atoms with E-state index in [4.69, 9.17) is 4.74 Å². The molecule has 0 N–H and O–H groups in total. The molecule has 4 rings (SSSR count). The van der Waals surface area contributed by atoms with E-state index in [0.717, 1.165) is 70.4 Å². The lowest BCUT2D eigenvalue weighted by Crippen LogP contribution is -2.49. The van der Waals surface area contributed by atoms with Crippen LogP contribution in [0.3, 0.4) is 0 Å². The number of aryl methyl sites for hydroxylation is 1. The summed E-state index contributed by atoms with van der Waals surface area (Å²) in [6.45, 7) is 6.32. The highest BCUT2D eigenvalue weighted by molar-refractivity contribution is 5.76. The first kappa shape index (κ1) is 18.7. The van der Waals surface area contributed by atoms with Crippen LogP contribution in [-0.4, -0.2) is 73.5 Å². The Hall–Kier alpha value is -2.67. The van der Waals surface area contributed by atoms with Crippen LogP contribution in [0.1, 0.15) is 12.0 Å². The van der Waals surface area contributed by atoms with Crippen molar-refractivity contribution in [3.8, 4) is 0 Å². The minimum Gasteiger partial charge on any atom is -0.378 e. The number of carbonyl (C=O) groups excluding carboxylic acids is 1. The van der Waals surface area contributed by atoms with Crippen molar-refractivity contribution < 1.29 is 9.53 Å². The van der Waals surface area contributed by atoms with E-state index >= 15 is 0 Å². The van der Waals surface area contributed by atoms with Crippen LogP contribution in [-0.2, 0) is 16.0 Å². The van der Waals surface area contributed by atoms with Gasteiger partial charge in [-0.15, -0.1) is 5.10 Å². The van der Waals surface area contributed by atoms with Crippen molar-refractivity contribution in [2.24, 2.45) is 0 Å². The molecular formula is C21H27N5O2. The molecule has 0 unspecified atom stereocenters. The normalized spacial score (nSPS) is 17.6. The number of rotatable bonds is 5. The van der Waals surface area contributed by atoms with Crippen LogP contribution in [0.2, 0.25) is 0 Å². The third-order valence-corrected chi connectivity index (χ3v) is 5.43. The summed E-state index contributed by atoms with van der Waals surface area (Å²) in [4.78, 5) is 19.0. The summed E-state index contributed by atoms with van der Waals surface area (Å²) >= 11 is 0. The molecular weight excluding hydrogens is 354 g/mol. The first-order chi connectivity index (χ1) is 13.8. The average molecular weight is 381 g/mol. The fourth-order valence-electron chi connectivity index (χ4n) is 3.73. The van der Waals surface area contributed by atoms with Crippen molar-refractivity contribution in [3.05, 3.63) is 48.2 Å². The highest BCUT2D eigenvalue weighted by Gasteiger charge is 2.22.